The predicted molar refractivity (Wildman–Crippen MR) is 377 cm³/mol. The fourth-order valence-electron chi connectivity index (χ4n) is 13.1. The molecule has 454 valence electrons. The molecular formula is C83H117N. The molecule has 1 heteroatoms. The third-order valence-electron chi connectivity index (χ3n) is 19.7. The number of hydrogen-bond acceptors (Lipinski definition) is 1. The molecule has 0 aromatic heterocycles. The van der Waals surface area contributed by atoms with Gasteiger partial charge in [-0.15, -0.1) is 0 Å². The summed E-state index contributed by atoms with van der Waals surface area (Å²) in [6, 6.07) is 38.8. The molecule has 1 aliphatic carbocycles. The summed E-state index contributed by atoms with van der Waals surface area (Å²) in [7, 11) is 0. The minimum Gasteiger partial charge on any atom is -0.398 e. The molecule has 0 spiro atoms. The quantitative estimate of drug-likeness (QED) is 0.0204. The van der Waals surface area contributed by atoms with Crippen LogP contribution in [0.15, 0.2) is 127 Å². The van der Waals surface area contributed by atoms with Gasteiger partial charge in [-0.05, 0) is 196 Å². The Labute approximate surface area is 516 Å². The van der Waals surface area contributed by atoms with Gasteiger partial charge in [0.2, 0.25) is 0 Å². The van der Waals surface area contributed by atoms with Crippen LogP contribution in [0, 0.1) is 23.2 Å². The van der Waals surface area contributed by atoms with E-state index >= 15 is 0 Å². The van der Waals surface area contributed by atoms with Gasteiger partial charge in [-0.3, -0.25) is 0 Å². The maximum Gasteiger partial charge on any atom is 0.0470 e. The van der Waals surface area contributed by atoms with E-state index in [-0.39, 0.29) is 16.2 Å². The van der Waals surface area contributed by atoms with E-state index in [4.69, 9.17) is 5.73 Å². The van der Waals surface area contributed by atoms with Crippen molar-refractivity contribution in [1.29, 1.82) is 0 Å². The number of allylic oxidation sites excluding steroid dienone is 9. The summed E-state index contributed by atoms with van der Waals surface area (Å²) in [5.41, 5.74) is 32.9. The number of unbranched alkanes of at least 4 members (excludes halogenated alkanes) is 6. The Bertz CT molecular complexity index is 3020. The highest BCUT2D eigenvalue weighted by Crippen LogP contribution is 2.57. The fourth-order valence-corrected chi connectivity index (χ4v) is 13.1. The third-order valence-corrected chi connectivity index (χ3v) is 19.7. The monoisotopic (exact) mass is 1130 g/mol. The molecule has 6 rings (SSSR count). The van der Waals surface area contributed by atoms with Crippen LogP contribution in [0.3, 0.4) is 0 Å². The molecule has 0 radical (unpaired) electrons. The second-order valence-electron chi connectivity index (χ2n) is 28.1. The third kappa shape index (κ3) is 17.6. The average molecular weight is 1130 g/mol. The highest BCUT2D eigenvalue weighted by atomic mass is 14.6. The molecule has 3 atom stereocenters. The number of benzene rings is 5. The Morgan fingerprint density at radius 1 is 0.512 bits per heavy atom. The lowest BCUT2D eigenvalue weighted by Gasteiger charge is -2.39. The van der Waals surface area contributed by atoms with Crippen molar-refractivity contribution in [1.82, 2.24) is 0 Å². The second kappa shape index (κ2) is 31.8. The molecule has 0 heterocycles. The van der Waals surface area contributed by atoms with Crippen LogP contribution >= 0.6 is 0 Å². The van der Waals surface area contributed by atoms with Crippen LogP contribution in [-0.4, -0.2) is 0 Å². The molecule has 1 aliphatic rings. The highest BCUT2D eigenvalue weighted by Gasteiger charge is 2.46. The van der Waals surface area contributed by atoms with Crippen LogP contribution in [0.4, 0.5) is 5.69 Å². The molecule has 5 aromatic carbocycles. The van der Waals surface area contributed by atoms with E-state index in [0.29, 0.717) is 17.8 Å². The van der Waals surface area contributed by atoms with Crippen molar-refractivity contribution in [3.8, 4) is 11.1 Å². The lowest BCUT2D eigenvalue weighted by atomic mass is 9.64. The van der Waals surface area contributed by atoms with E-state index in [2.05, 4.69) is 245 Å². The van der Waals surface area contributed by atoms with Crippen molar-refractivity contribution >= 4 is 34.1 Å². The van der Waals surface area contributed by atoms with E-state index in [1.54, 1.807) is 11.1 Å². The van der Waals surface area contributed by atoms with Gasteiger partial charge in [-0.1, -0.05) is 295 Å². The van der Waals surface area contributed by atoms with Gasteiger partial charge >= 0.3 is 0 Å². The summed E-state index contributed by atoms with van der Waals surface area (Å²) in [6.45, 7) is 39.9. The molecule has 0 saturated heterocycles. The molecule has 0 aliphatic heterocycles. The molecular weight excluding hydrogens is 1010 g/mol. The first-order valence-electron chi connectivity index (χ1n) is 34.0. The van der Waals surface area contributed by atoms with E-state index in [1.165, 1.54) is 181 Å². The Balaban J connectivity index is 1.54. The molecule has 0 bridgehead atoms. The number of anilines is 1. The van der Waals surface area contributed by atoms with Crippen molar-refractivity contribution in [2.75, 3.05) is 5.73 Å². The van der Waals surface area contributed by atoms with E-state index < -0.39 is 0 Å². The molecule has 5 aromatic rings. The highest BCUT2D eigenvalue weighted by molar-refractivity contribution is 5.95. The van der Waals surface area contributed by atoms with Crippen LogP contribution in [0.2, 0.25) is 0 Å². The fraction of sp³-hybridized carbons (Fsp3) is 0.518. The summed E-state index contributed by atoms with van der Waals surface area (Å²) in [5.74, 6) is 1.68. The zero-order valence-electron chi connectivity index (χ0n) is 56.6. The van der Waals surface area contributed by atoms with E-state index in [1.807, 2.05) is 0 Å². The van der Waals surface area contributed by atoms with Gasteiger partial charge in [-0.25, -0.2) is 0 Å². The van der Waals surface area contributed by atoms with Gasteiger partial charge in [0.15, 0.2) is 0 Å². The standard InChI is InChI=1S/C83H117N/c1-18-25-29-33-65-38-40-67(41-39-65)53-70(68-44-42-66(43-45-68)34-30-26-19-2)54-77-74(72(59(8)22-5)48-37-62(11)81(12,13)14)52-51-73(80(77)84)61(10)36-35-60(9)69-46-49-75-76-50-47-71(82(15,16)17)56-79(76)83(78(75)55-69,57-63(23-6)31-27-20-3)58-64(24-7)32-28-21-4/h35-52,54-56,59,63-64H,18-34,53,57-58,84H2,1-17H3/b60-35+,61-36+,62-37+,70-54+,72-48+. The average Bonchev–Trinajstić information content (AvgIpc) is 3.98. The SMILES string of the molecule is CCCCCc1ccc(C/C(=C\c2c(/C(=C/C=C(\C)C(C)(C)C)C(C)CC)ccc(/C(C)=C/C=C(\C)c3ccc4c(c3)C(CC(CC)CCCC)(CC(CC)CCCC)c3cc(C(C)(C)C)ccc3-4)c2N)c2ccc(CCCCC)cc2)cc1. The minimum atomic E-state index is -0.0338. The summed E-state index contributed by atoms with van der Waals surface area (Å²) in [6.07, 6.45) is 36.1. The Morgan fingerprint density at radius 2 is 1.01 bits per heavy atom. The summed E-state index contributed by atoms with van der Waals surface area (Å²) >= 11 is 0. The largest absolute Gasteiger partial charge is 0.398 e. The minimum absolute atomic E-state index is 0.0338. The van der Waals surface area contributed by atoms with Gasteiger partial charge < -0.3 is 5.73 Å². The summed E-state index contributed by atoms with van der Waals surface area (Å²) in [5, 5.41) is 0. The number of aryl methyl sites for hydroxylation is 2. The Morgan fingerprint density at radius 3 is 1.54 bits per heavy atom. The number of rotatable bonds is 31. The number of nitrogens with two attached hydrogens (primary N) is 1. The van der Waals surface area contributed by atoms with Crippen LogP contribution in [0.5, 0.6) is 0 Å². The van der Waals surface area contributed by atoms with Crippen molar-refractivity contribution in [2.45, 2.75) is 257 Å². The van der Waals surface area contributed by atoms with Crippen LogP contribution in [0.25, 0.3) is 39.5 Å². The summed E-state index contributed by atoms with van der Waals surface area (Å²) in [4.78, 5) is 0. The first-order chi connectivity index (χ1) is 40.2. The van der Waals surface area contributed by atoms with Gasteiger partial charge in [0.05, 0.1) is 0 Å². The molecule has 84 heavy (non-hydrogen) atoms. The van der Waals surface area contributed by atoms with Crippen LogP contribution in [0.1, 0.15) is 288 Å². The van der Waals surface area contributed by atoms with Gasteiger partial charge in [0.25, 0.3) is 0 Å². The Hall–Kier alpha value is -5.40. The zero-order valence-corrected chi connectivity index (χ0v) is 56.6. The Kier molecular flexibility index (Phi) is 25.7. The molecule has 0 amide bonds. The molecule has 2 N–H and O–H groups in total. The molecule has 0 saturated carbocycles. The van der Waals surface area contributed by atoms with Gasteiger partial charge in [0.1, 0.15) is 0 Å². The maximum absolute atomic E-state index is 7.78. The lowest BCUT2D eigenvalue weighted by molar-refractivity contribution is 0.265. The van der Waals surface area contributed by atoms with Crippen molar-refractivity contribution in [3.05, 3.63) is 188 Å². The summed E-state index contributed by atoms with van der Waals surface area (Å²) < 4.78 is 0. The van der Waals surface area contributed by atoms with Crippen molar-refractivity contribution in [3.63, 3.8) is 0 Å². The van der Waals surface area contributed by atoms with Crippen molar-refractivity contribution < 1.29 is 0 Å². The molecule has 1 nitrogen and oxygen atoms in total. The van der Waals surface area contributed by atoms with E-state index in [0.717, 1.165) is 42.5 Å². The van der Waals surface area contributed by atoms with Crippen LogP contribution in [-0.2, 0) is 30.1 Å². The first-order valence-corrected chi connectivity index (χ1v) is 34.0. The maximum atomic E-state index is 7.78. The zero-order chi connectivity index (χ0) is 61.2. The van der Waals surface area contributed by atoms with Gasteiger partial charge in [-0.2, -0.15) is 0 Å². The number of hydrogen-bond donors (Lipinski definition) is 1. The predicted octanol–water partition coefficient (Wildman–Crippen LogP) is 25.2. The van der Waals surface area contributed by atoms with E-state index in [9.17, 15) is 0 Å². The normalized spacial score (nSPS) is 16.5. The van der Waals surface area contributed by atoms with Crippen molar-refractivity contribution in [2.24, 2.45) is 23.2 Å². The second-order valence-corrected chi connectivity index (χ2v) is 28.1. The van der Waals surface area contributed by atoms with Gasteiger partial charge in [0, 0.05) is 22.2 Å². The smallest absolute Gasteiger partial charge is 0.0470 e. The molecule has 3 unspecified atom stereocenters. The number of nitrogen functional groups attached to an aromatic ring is 1. The topological polar surface area (TPSA) is 26.0 Å². The molecule has 0 fully saturated rings. The number of fused-ring (bicyclic) bond motifs is 3. The van der Waals surface area contributed by atoms with Crippen LogP contribution < -0.4 is 5.73 Å². The lowest BCUT2D eigenvalue weighted by Crippen LogP contribution is -2.32. The first kappa shape index (κ1) is 67.7.